The number of halogens is 3. The minimum absolute atomic E-state index is 0.162. The van der Waals surface area contributed by atoms with Crippen LogP contribution in [0.5, 0.6) is 0 Å². The molecule has 1 rings (SSSR count). The van der Waals surface area contributed by atoms with E-state index in [0.29, 0.717) is 6.54 Å². The van der Waals surface area contributed by atoms with E-state index in [1.807, 2.05) is 13.0 Å². The van der Waals surface area contributed by atoms with E-state index in [0.717, 1.165) is 11.1 Å². The maximum Gasteiger partial charge on any atom is 0.405 e. The molecular formula is C11H14F3N3O. The van der Waals surface area contributed by atoms with E-state index in [4.69, 9.17) is 0 Å². The molecule has 1 amide bonds. The number of aryl methyl sites for hydroxylation is 1. The quantitative estimate of drug-likeness (QED) is 0.836. The van der Waals surface area contributed by atoms with Crippen LogP contribution in [0.4, 0.5) is 13.2 Å². The number of amides is 1. The van der Waals surface area contributed by atoms with Gasteiger partial charge in [-0.25, -0.2) is 0 Å². The lowest BCUT2D eigenvalue weighted by Gasteiger charge is -2.09. The normalized spacial score (nSPS) is 11.3. The van der Waals surface area contributed by atoms with Crippen molar-refractivity contribution >= 4 is 5.91 Å². The summed E-state index contributed by atoms with van der Waals surface area (Å²) in [6.07, 6.45) is -1.08. The van der Waals surface area contributed by atoms with Gasteiger partial charge in [0.2, 0.25) is 5.91 Å². The van der Waals surface area contributed by atoms with Crippen LogP contribution in [0.25, 0.3) is 0 Å². The Balaban J connectivity index is 2.26. The smallest absolute Gasteiger partial charge is 0.346 e. The van der Waals surface area contributed by atoms with Gasteiger partial charge in [-0.05, 0) is 24.1 Å². The average molecular weight is 261 g/mol. The van der Waals surface area contributed by atoms with Crippen molar-refractivity contribution in [1.29, 1.82) is 0 Å². The van der Waals surface area contributed by atoms with Gasteiger partial charge < -0.3 is 10.6 Å². The van der Waals surface area contributed by atoms with Crippen molar-refractivity contribution in [2.24, 2.45) is 0 Å². The Morgan fingerprint density at radius 2 is 2.17 bits per heavy atom. The molecule has 4 nitrogen and oxygen atoms in total. The highest BCUT2D eigenvalue weighted by molar-refractivity contribution is 5.78. The molecular weight excluding hydrogens is 247 g/mol. The van der Waals surface area contributed by atoms with Gasteiger partial charge in [-0.2, -0.15) is 13.2 Å². The Hall–Kier alpha value is -1.63. The van der Waals surface area contributed by atoms with E-state index in [1.54, 1.807) is 17.7 Å². The van der Waals surface area contributed by atoms with Crippen LogP contribution in [-0.2, 0) is 11.3 Å². The van der Waals surface area contributed by atoms with Crippen LogP contribution in [0, 0.1) is 6.92 Å². The summed E-state index contributed by atoms with van der Waals surface area (Å²) in [6.45, 7) is 0.811. The first-order valence-electron chi connectivity index (χ1n) is 5.32. The molecule has 1 heterocycles. The van der Waals surface area contributed by atoms with Crippen LogP contribution in [0.15, 0.2) is 18.5 Å². The first-order chi connectivity index (χ1) is 8.38. The number of rotatable bonds is 5. The molecule has 0 saturated carbocycles. The number of aromatic nitrogens is 1. The van der Waals surface area contributed by atoms with Crippen LogP contribution >= 0.6 is 0 Å². The molecule has 0 radical (unpaired) electrons. The zero-order valence-electron chi connectivity index (χ0n) is 9.84. The number of pyridine rings is 1. The molecule has 0 spiro atoms. The summed E-state index contributed by atoms with van der Waals surface area (Å²) in [6, 6.07) is 1.82. The Kier molecular flexibility index (Phi) is 5.08. The number of hydrogen-bond donors (Lipinski definition) is 2. The lowest BCUT2D eigenvalue weighted by Crippen LogP contribution is -2.39. The second-order valence-electron chi connectivity index (χ2n) is 3.80. The first kappa shape index (κ1) is 14.4. The van der Waals surface area contributed by atoms with Crippen LogP contribution in [0.3, 0.4) is 0 Å². The van der Waals surface area contributed by atoms with Gasteiger partial charge in [0, 0.05) is 18.9 Å². The molecule has 0 aliphatic rings. The maximum absolute atomic E-state index is 11.8. The van der Waals surface area contributed by atoms with Crippen molar-refractivity contribution in [3.8, 4) is 0 Å². The number of alkyl halides is 3. The van der Waals surface area contributed by atoms with E-state index < -0.39 is 18.6 Å². The summed E-state index contributed by atoms with van der Waals surface area (Å²) < 4.78 is 35.4. The second kappa shape index (κ2) is 6.34. The molecule has 2 N–H and O–H groups in total. The number of hydrogen-bond acceptors (Lipinski definition) is 3. The minimum Gasteiger partial charge on any atom is -0.346 e. The number of carbonyl (C=O) groups excluding carboxylic acids is 1. The van der Waals surface area contributed by atoms with Crippen LogP contribution < -0.4 is 10.6 Å². The Labute approximate surface area is 103 Å². The third kappa shape index (κ3) is 5.62. The Bertz CT molecular complexity index is 407. The fraction of sp³-hybridized carbons (Fsp3) is 0.455. The molecule has 18 heavy (non-hydrogen) atoms. The summed E-state index contributed by atoms with van der Waals surface area (Å²) in [5.41, 5.74) is 1.91. The number of nitrogens with zero attached hydrogens (tertiary/aromatic N) is 1. The van der Waals surface area contributed by atoms with E-state index in [9.17, 15) is 18.0 Å². The summed E-state index contributed by atoms with van der Waals surface area (Å²) in [4.78, 5) is 15.0. The highest BCUT2D eigenvalue weighted by atomic mass is 19.4. The average Bonchev–Trinajstić information content (AvgIpc) is 2.28. The van der Waals surface area contributed by atoms with Crippen molar-refractivity contribution in [1.82, 2.24) is 15.6 Å². The van der Waals surface area contributed by atoms with Crippen LogP contribution in [-0.4, -0.2) is 30.2 Å². The van der Waals surface area contributed by atoms with Gasteiger partial charge in [-0.3, -0.25) is 9.78 Å². The van der Waals surface area contributed by atoms with Gasteiger partial charge in [-0.1, -0.05) is 0 Å². The van der Waals surface area contributed by atoms with Crippen LogP contribution in [0.2, 0.25) is 0 Å². The molecule has 1 aromatic rings. The highest BCUT2D eigenvalue weighted by Crippen LogP contribution is 2.11. The predicted molar refractivity (Wildman–Crippen MR) is 59.7 cm³/mol. The van der Waals surface area contributed by atoms with Gasteiger partial charge in [0.25, 0.3) is 0 Å². The van der Waals surface area contributed by atoms with E-state index in [2.05, 4.69) is 10.3 Å². The van der Waals surface area contributed by atoms with Gasteiger partial charge >= 0.3 is 6.18 Å². The number of carbonyl (C=O) groups is 1. The molecule has 100 valence electrons. The van der Waals surface area contributed by atoms with Gasteiger partial charge in [0.15, 0.2) is 0 Å². The zero-order valence-corrected chi connectivity index (χ0v) is 9.84. The highest BCUT2D eigenvalue weighted by Gasteiger charge is 2.27. The van der Waals surface area contributed by atoms with Crippen molar-refractivity contribution in [2.45, 2.75) is 19.6 Å². The van der Waals surface area contributed by atoms with Crippen molar-refractivity contribution in [3.05, 3.63) is 29.6 Å². The summed E-state index contributed by atoms with van der Waals surface area (Å²) in [5.74, 6) is -0.686. The monoisotopic (exact) mass is 261 g/mol. The van der Waals surface area contributed by atoms with E-state index in [-0.39, 0.29) is 6.54 Å². The first-order valence-corrected chi connectivity index (χ1v) is 5.32. The van der Waals surface area contributed by atoms with E-state index >= 15 is 0 Å². The zero-order chi connectivity index (χ0) is 13.6. The van der Waals surface area contributed by atoms with Crippen molar-refractivity contribution < 1.29 is 18.0 Å². The van der Waals surface area contributed by atoms with E-state index in [1.165, 1.54) is 0 Å². The fourth-order valence-corrected chi connectivity index (χ4v) is 1.25. The Morgan fingerprint density at radius 3 is 2.78 bits per heavy atom. The van der Waals surface area contributed by atoms with Gasteiger partial charge in [0.1, 0.15) is 6.54 Å². The Morgan fingerprint density at radius 1 is 1.44 bits per heavy atom. The molecule has 0 aliphatic heterocycles. The van der Waals surface area contributed by atoms with Crippen molar-refractivity contribution in [2.75, 3.05) is 13.1 Å². The van der Waals surface area contributed by atoms with Crippen molar-refractivity contribution in [3.63, 3.8) is 0 Å². The van der Waals surface area contributed by atoms with Gasteiger partial charge in [0.05, 0.1) is 6.54 Å². The summed E-state index contributed by atoms with van der Waals surface area (Å²) in [7, 11) is 0. The van der Waals surface area contributed by atoms with Gasteiger partial charge in [-0.15, -0.1) is 0 Å². The lowest BCUT2D eigenvalue weighted by molar-refractivity contribution is -0.137. The molecule has 0 aromatic carbocycles. The molecule has 0 aliphatic carbocycles. The SMILES string of the molecule is Cc1ccncc1CNCC(=O)NCC(F)(F)F. The molecule has 0 saturated heterocycles. The largest absolute Gasteiger partial charge is 0.405 e. The fourth-order valence-electron chi connectivity index (χ4n) is 1.25. The molecule has 7 heteroatoms. The lowest BCUT2D eigenvalue weighted by atomic mass is 10.1. The maximum atomic E-state index is 11.8. The molecule has 1 aromatic heterocycles. The topological polar surface area (TPSA) is 54.0 Å². The van der Waals surface area contributed by atoms with Crippen LogP contribution in [0.1, 0.15) is 11.1 Å². The third-order valence-corrected chi connectivity index (χ3v) is 2.23. The number of nitrogens with one attached hydrogen (secondary N) is 2. The summed E-state index contributed by atoms with van der Waals surface area (Å²) >= 11 is 0. The second-order valence-corrected chi connectivity index (χ2v) is 3.80. The summed E-state index contributed by atoms with van der Waals surface area (Å²) in [5, 5.41) is 4.54. The predicted octanol–water partition coefficient (Wildman–Crippen LogP) is 1.16. The molecule has 0 fully saturated rings. The molecule has 0 bridgehead atoms. The molecule has 0 atom stereocenters. The third-order valence-electron chi connectivity index (χ3n) is 2.23. The molecule has 0 unspecified atom stereocenters. The minimum atomic E-state index is -4.38. The standard InChI is InChI=1S/C11H14F3N3O/c1-8-2-3-15-4-9(8)5-16-6-10(18)17-7-11(12,13)14/h2-4,16H,5-7H2,1H3,(H,17,18).